The van der Waals surface area contributed by atoms with Gasteiger partial charge in [0.2, 0.25) is 0 Å². The van der Waals surface area contributed by atoms with Gasteiger partial charge in [-0.05, 0) is 43.7 Å². The first-order chi connectivity index (χ1) is 9.29. The Morgan fingerprint density at radius 1 is 1.26 bits per heavy atom. The topological polar surface area (TPSA) is 34.2 Å². The van der Waals surface area contributed by atoms with E-state index in [0.29, 0.717) is 0 Å². The van der Waals surface area contributed by atoms with Gasteiger partial charge in [-0.1, -0.05) is 19.1 Å². The Balaban J connectivity index is 2.11. The molecule has 3 nitrogen and oxygen atoms in total. The molecule has 19 heavy (non-hydrogen) atoms. The van der Waals surface area contributed by atoms with Crippen LogP contribution < -0.4 is 10.1 Å². The summed E-state index contributed by atoms with van der Waals surface area (Å²) in [5.41, 5.74) is 2.27. The fraction of sp³-hybridized carbons (Fsp3) is 0.312. The minimum atomic E-state index is 0.781. The van der Waals surface area contributed by atoms with E-state index < -0.39 is 0 Å². The first-order valence-electron chi connectivity index (χ1n) is 6.67. The number of aromatic nitrogens is 1. The van der Waals surface area contributed by atoms with Crippen molar-refractivity contribution in [2.24, 2.45) is 0 Å². The lowest BCUT2D eigenvalue weighted by Gasteiger charge is -2.11. The maximum atomic E-state index is 5.94. The molecular formula is C16H20N2O. The van der Waals surface area contributed by atoms with Crippen LogP contribution in [-0.2, 0) is 6.54 Å². The zero-order valence-electron chi connectivity index (χ0n) is 11.5. The molecule has 0 saturated heterocycles. The van der Waals surface area contributed by atoms with E-state index in [1.807, 2.05) is 30.5 Å². The smallest absolute Gasteiger partial charge is 0.134 e. The number of nitrogens with zero attached hydrogens (tertiary/aromatic N) is 1. The van der Waals surface area contributed by atoms with Gasteiger partial charge in [0.1, 0.15) is 11.5 Å². The third kappa shape index (κ3) is 4.07. The largest absolute Gasteiger partial charge is 0.457 e. The van der Waals surface area contributed by atoms with Crippen molar-refractivity contribution in [3.8, 4) is 11.5 Å². The molecule has 2 aromatic rings. The number of aryl methyl sites for hydroxylation is 1. The van der Waals surface area contributed by atoms with Crippen LogP contribution in [0.4, 0.5) is 0 Å². The molecule has 0 bridgehead atoms. The van der Waals surface area contributed by atoms with E-state index in [-0.39, 0.29) is 0 Å². The van der Waals surface area contributed by atoms with Gasteiger partial charge >= 0.3 is 0 Å². The average Bonchev–Trinajstić information content (AvgIpc) is 2.41. The van der Waals surface area contributed by atoms with Crippen LogP contribution in [0.2, 0.25) is 0 Å². The van der Waals surface area contributed by atoms with E-state index >= 15 is 0 Å². The summed E-state index contributed by atoms with van der Waals surface area (Å²) < 4.78 is 5.94. The summed E-state index contributed by atoms with van der Waals surface area (Å²) in [6, 6.07) is 9.97. The van der Waals surface area contributed by atoms with Crippen molar-refractivity contribution in [1.82, 2.24) is 10.3 Å². The molecule has 0 aliphatic heterocycles. The van der Waals surface area contributed by atoms with Gasteiger partial charge in [-0.25, -0.2) is 0 Å². The molecule has 1 aromatic heterocycles. The molecule has 1 heterocycles. The lowest BCUT2D eigenvalue weighted by Crippen LogP contribution is -2.14. The van der Waals surface area contributed by atoms with Crippen LogP contribution in [0.5, 0.6) is 11.5 Å². The minimum Gasteiger partial charge on any atom is -0.457 e. The quantitative estimate of drug-likeness (QED) is 0.800. The summed E-state index contributed by atoms with van der Waals surface area (Å²) in [5, 5.41) is 3.37. The fourth-order valence-corrected chi connectivity index (χ4v) is 1.85. The monoisotopic (exact) mass is 256 g/mol. The number of rotatable bonds is 6. The fourth-order valence-electron chi connectivity index (χ4n) is 1.85. The Kier molecular flexibility index (Phi) is 4.93. The van der Waals surface area contributed by atoms with Crippen molar-refractivity contribution < 1.29 is 4.74 Å². The molecule has 2 rings (SSSR count). The summed E-state index contributed by atoms with van der Waals surface area (Å²) in [5.74, 6) is 1.73. The highest BCUT2D eigenvalue weighted by molar-refractivity contribution is 5.37. The predicted molar refractivity (Wildman–Crippen MR) is 77.5 cm³/mol. The van der Waals surface area contributed by atoms with Gasteiger partial charge in [-0.2, -0.15) is 0 Å². The highest BCUT2D eigenvalue weighted by atomic mass is 16.5. The van der Waals surface area contributed by atoms with Crippen molar-refractivity contribution in [1.29, 1.82) is 0 Å². The van der Waals surface area contributed by atoms with E-state index in [9.17, 15) is 0 Å². The predicted octanol–water partition coefficient (Wildman–Crippen LogP) is 3.68. The van der Waals surface area contributed by atoms with Crippen molar-refractivity contribution in [3.63, 3.8) is 0 Å². The second-order valence-electron chi connectivity index (χ2n) is 4.58. The molecule has 1 N–H and O–H groups in total. The lowest BCUT2D eigenvalue weighted by molar-refractivity contribution is 0.471. The minimum absolute atomic E-state index is 0.781. The van der Waals surface area contributed by atoms with Crippen LogP contribution in [0.1, 0.15) is 24.5 Å². The first kappa shape index (κ1) is 13.6. The van der Waals surface area contributed by atoms with E-state index in [0.717, 1.165) is 36.6 Å². The molecule has 0 aliphatic rings. The van der Waals surface area contributed by atoms with Crippen LogP contribution in [0.15, 0.2) is 42.7 Å². The molecule has 0 fully saturated rings. The van der Waals surface area contributed by atoms with Gasteiger partial charge in [0.15, 0.2) is 0 Å². The molecule has 0 unspecified atom stereocenters. The average molecular weight is 256 g/mol. The summed E-state index contributed by atoms with van der Waals surface area (Å²) in [4.78, 5) is 4.16. The summed E-state index contributed by atoms with van der Waals surface area (Å²) >= 11 is 0. The third-order valence-electron chi connectivity index (χ3n) is 2.82. The number of hydrogen-bond donors (Lipinski definition) is 1. The summed E-state index contributed by atoms with van der Waals surface area (Å²) in [6.07, 6.45) is 4.73. The summed E-state index contributed by atoms with van der Waals surface area (Å²) in [6.45, 7) is 5.99. The highest BCUT2D eigenvalue weighted by Gasteiger charge is 2.04. The van der Waals surface area contributed by atoms with Crippen LogP contribution in [-0.4, -0.2) is 11.5 Å². The second kappa shape index (κ2) is 6.90. The number of pyridine rings is 1. The maximum absolute atomic E-state index is 5.94. The van der Waals surface area contributed by atoms with Gasteiger partial charge in [0, 0.05) is 24.5 Å². The molecule has 0 spiro atoms. The molecule has 0 aliphatic carbocycles. The van der Waals surface area contributed by atoms with E-state index in [1.54, 1.807) is 6.20 Å². The molecule has 0 saturated carbocycles. The Bertz CT molecular complexity index is 526. The third-order valence-corrected chi connectivity index (χ3v) is 2.82. The number of ether oxygens (including phenoxy) is 1. The van der Waals surface area contributed by atoms with Crippen LogP contribution in [0.25, 0.3) is 0 Å². The number of benzene rings is 1. The normalized spacial score (nSPS) is 10.4. The van der Waals surface area contributed by atoms with Crippen molar-refractivity contribution in [2.75, 3.05) is 6.54 Å². The van der Waals surface area contributed by atoms with Gasteiger partial charge in [0.25, 0.3) is 0 Å². The molecule has 0 radical (unpaired) electrons. The standard InChI is InChI=1S/C16H20N2O/c1-3-8-17-11-14-12-18-9-7-16(14)19-15-6-4-5-13(2)10-15/h4-7,9-10,12,17H,3,8,11H2,1-2H3. The van der Waals surface area contributed by atoms with Crippen molar-refractivity contribution in [2.45, 2.75) is 26.8 Å². The van der Waals surface area contributed by atoms with Gasteiger partial charge in [-0.15, -0.1) is 0 Å². The Morgan fingerprint density at radius 3 is 2.95 bits per heavy atom. The van der Waals surface area contributed by atoms with Gasteiger partial charge < -0.3 is 10.1 Å². The van der Waals surface area contributed by atoms with Gasteiger partial charge in [-0.3, -0.25) is 4.98 Å². The highest BCUT2D eigenvalue weighted by Crippen LogP contribution is 2.25. The van der Waals surface area contributed by atoms with E-state index in [4.69, 9.17) is 4.74 Å². The van der Waals surface area contributed by atoms with E-state index in [1.165, 1.54) is 5.56 Å². The van der Waals surface area contributed by atoms with Crippen molar-refractivity contribution >= 4 is 0 Å². The zero-order chi connectivity index (χ0) is 13.5. The Hall–Kier alpha value is -1.87. The maximum Gasteiger partial charge on any atom is 0.134 e. The second-order valence-corrected chi connectivity index (χ2v) is 4.58. The molecule has 100 valence electrons. The first-order valence-corrected chi connectivity index (χ1v) is 6.67. The number of hydrogen-bond acceptors (Lipinski definition) is 3. The molecule has 0 amide bonds. The van der Waals surface area contributed by atoms with Crippen LogP contribution >= 0.6 is 0 Å². The van der Waals surface area contributed by atoms with Crippen LogP contribution in [0, 0.1) is 6.92 Å². The number of nitrogens with one attached hydrogen (secondary N) is 1. The molecular weight excluding hydrogens is 236 g/mol. The van der Waals surface area contributed by atoms with Crippen LogP contribution in [0.3, 0.4) is 0 Å². The summed E-state index contributed by atoms with van der Waals surface area (Å²) in [7, 11) is 0. The SMILES string of the molecule is CCCNCc1cnccc1Oc1cccc(C)c1. The molecule has 3 heteroatoms. The lowest BCUT2D eigenvalue weighted by atomic mass is 10.2. The zero-order valence-corrected chi connectivity index (χ0v) is 11.5. The Labute approximate surface area is 114 Å². The van der Waals surface area contributed by atoms with Gasteiger partial charge in [0.05, 0.1) is 0 Å². The Morgan fingerprint density at radius 2 is 2.16 bits per heavy atom. The molecule has 1 aromatic carbocycles. The van der Waals surface area contributed by atoms with E-state index in [2.05, 4.69) is 30.2 Å². The van der Waals surface area contributed by atoms with Crippen molar-refractivity contribution in [3.05, 3.63) is 53.9 Å². The molecule has 0 atom stereocenters.